The molecule has 21 heavy (non-hydrogen) atoms. The molecular formula is C18H26N2O. The highest BCUT2D eigenvalue weighted by molar-refractivity contribution is 5.45. The van der Waals surface area contributed by atoms with E-state index >= 15 is 0 Å². The van der Waals surface area contributed by atoms with E-state index in [1.807, 2.05) is 6.07 Å². The topological polar surface area (TPSA) is 38.5 Å². The first kappa shape index (κ1) is 13.6. The third-order valence-electron chi connectivity index (χ3n) is 5.64. The van der Waals surface area contributed by atoms with Gasteiger partial charge in [0.15, 0.2) is 0 Å². The summed E-state index contributed by atoms with van der Waals surface area (Å²) in [6.07, 6.45) is 9.45. The first-order valence-corrected chi connectivity index (χ1v) is 8.50. The van der Waals surface area contributed by atoms with E-state index in [1.54, 1.807) is 0 Å². The maximum atomic E-state index is 6.46. The number of hydrogen-bond acceptors (Lipinski definition) is 3. The summed E-state index contributed by atoms with van der Waals surface area (Å²) in [7, 11) is 0. The van der Waals surface area contributed by atoms with Crippen LogP contribution in [0.3, 0.4) is 0 Å². The van der Waals surface area contributed by atoms with Crippen LogP contribution in [0.4, 0.5) is 5.69 Å². The van der Waals surface area contributed by atoms with Crippen molar-refractivity contribution in [3.8, 4) is 0 Å². The van der Waals surface area contributed by atoms with E-state index in [0.29, 0.717) is 6.10 Å². The number of nitrogen functional groups attached to an aromatic ring is 1. The molecule has 2 heterocycles. The lowest BCUT2D eigenvalue weighted by Gasteiger charge is -2.32. The fourth-order valence-corrected chi connectivity index (χ4v) is 4.49. The Morgan fingerprint density at radius 3 is 2.90 bits per heavy atom. The zero-order valence-corrected chi connectivity index (χ0v) is 12.8. The molecule has 0 aromatic heterocycles. The highest BCUT2D eigenvalue weighted by Gasteiger charge is 2.42. The minimum Gasteiger partial charge on any atom is -0.399 e. The molecule has 4 rings (SSSR count). The Balaban J connectivity index is 1.38. The van der Waals surface area contributed by atoms with Gasteiger partial charge in [-0.2, -0.15) is 0 Å². The Morgan fingerprint density at radius 1 is 1.19 bits per heavy atom. The van der Waals surface area contributed by atoms with Gasteiger partial charge in [-0.25, -0.2) is 0 Å². The summed E-state index contributed by atoms with van der Waals surface area (Å²) in [5, 5.41) is 0. The number of nitrogens with zero attached hydrogens (tertiary/aromatic N) is 1. The molecule has 2 aliphatic heterocycles. The number of rotatable bonds is 2. The molecular weight excluding hydrogens is 260 g/mol. The Bertz CT molecular complexity index is 522. The molecule has 0 radical (unpaired) electrons. The van der Waals surface area contributed by atoms with Gasteiger partial charge in [-0.3, -0.25) is 4.90 Å². The van der Waals surface area contributed by atoms with Gasteiger partial charge in [0.05, 0.1) is 11.7 Å². The van der Waals surface area contributed by atoms with Crippen molar-refractivity contribution in [2.75, 3.05) is 18.8 Å². The third-order valence-corrected chi connectivity index (χ3v) is 5.64. The first-order chi connectivity index (χ1) is 10.2. The molecule has 0 bridgehead atoms. The van der Waals surface area contributed by atoms with E-state index in [2.05, 4.69) is 17.0 Å². The van der Waals surface area contributed by atoms with Gasteiger partial charge in [0, 0.05) is 25.3 Å². The predicted octanol–water partition coefficient (Wildman–Crippen LogP) is 3.12. The summed E-state index contributed by atoms with van der Waals surface area (Å²) >= 11 is 0. The van der Waals surface area contributed by atoms with Crippen LogP contribution in [0.5, 0.6) is 0 Å². The highest BCUT2D eigenvalue weighted by Crippen LogP contribution is 2.43. The monoisotopic (exact) mass is 286 g/mol. The van der Waals surface area contributed by atoms with Crippen LogP contribution >= 0.6 is 0 Å². The summed E-state index contributed by atoms with van der Waals surface area (Å²) in [6.45, 7) is 3.28. The predicted molar refractivity (Wildman–Crippen MR) is 85.1 cm³/mol. The molecule has 0 amide bonds. The van der Waals surface area contributed by atoms with Gasteiger partial charge in [-0.05, 0) is 55.4 Å². The summed E-state index contributed by atoms with van der Waals surface area (Å²) in [4.78, 5) is 2.56. The molecule has 3 heteroatoms. The molecule has 1 unspecified atom stereocenters. The molecule has 2 fully saturated rings. The average Bonchev–Trinajstić information content (AvgIpc) is 3.09. The van der Waals surface area contributed by atoms with Crippen LogP contribution in [0, 0.1) is 0 Å². The lowest BCUT2D eigenvalue weighted by Crippen LogP contribution is -2.37. The molecule has 1 aliphatic carbocycles. The van der Waals surface area contributed by atoms with Crippen LogP contribution in [0.2, 0.25) is 0 Å². The zero-order chi connectivity index (χ0) is 14.3. The molecule has 1 aromatic rings. The van der Waals surface area contributed by atoms with Crippen molar-refractivity contribution in [1.82, 2.24) is 4.90 Å². The average molecular weight is 286 g/mol. The number of fused-ring (bicyclic) bond motifs is 1. The molecule has 3 nitrogen and oxygen atoms in total. The molecule has 1 saturated carbocycles. The second-order valence-electron chi connectivity index (χ2n) is 7.18. The van der Waals surface area contributed by atoms with Crippen molar-refractivity contribution in [3.63, 3.8) is 0 Å². The second kappa shape index (κ2) is 5.29. The second-order valence-corrected chi connectivity index (χ2v) is 7.18. The molecule has 1 atom stereocenters. The third kappa shape index (κ3) is 2.69. The number of nitrogens with two attached hydrogens (primary N) is 1. The fourth-order valence-electron chi connectivity index (χ4n) is 4.49. The van der Waals surface area contributed by atoms with Crippen LogP contribution in [0.1, 0.15) is 49.7 Å². The van der Waals surface area contributed by atoms with Gasteiger partial charge in [-0.15, -0.1) is 0 Å². The molecule has 1 spiro atoms. The molecule has 1 saturated heterocycles. The van der Waals surface area contributed by atoms with Gasteiger partial charge in [0.25, 0.3) is 0 Å². The zero-order valence-electron chi connectivity index (χ0n) is 12.8. The summed E-state index contributed by atoms with van der Waals surface area (Å²) in [6, 6.07) is 6.37. The maximum absolute atomic E-state index is 6.46. The Labute approximate surface area is 127 Å². The van der Waals surface area contributed by atoms with Gasteiger partial charge in [0.2, 0.25) is 0 Å². The van der Waals surface area contributed by atoms with E-state index < -0.39 is 0 Å². The largest absolute Gasteiger partial charge is 0.399 e. The van der Waals surface area contributed by atoms with Gasteiger partial charge in [-0.1, -0.05) is 18.9 Å². The van der Waals surface area contributed by atoms with Gasteiger partial charge < -0.3 is 10.5 Å². The van der Waals surface area contributed by atoms with Crippen LogP contribution < -0.4 is 5.73 Å². The van der Waals surface area contributed by atoms with Crippen molar-refractivity contribution in [2.45, 2.75) is 63.2 Å². The van der Waals surface area contributed by atoms with Crippen LogP contribution in [-0.4, -0.2) is 29.7 Å². The smallest absolute Gasteiger partial charge is 0.0710 e. The summed E-state index contributed by atoms with van der Waals surface area (Å²) < 4.78 is 6.46. The van der Waals surface area contributed by atoms with Crippen molar-refractivity contribution in [2.24, 2.45) is 0 Å². The van der Waals surface area contributed by atoms with Crippen LogP contribution in [0.25, 0.3) is 0 Å². The SMILES string of the molecule is Nc1ccc2c(c1)CN(CC1CCC3(CCCC3)O1)CC2. The lowest BCUT2D eigenvalue weighted by molar-refractivity contribution is -0.0484. The van der Waals surface area contributed by atoms with E-state index in [1.165, 1.54) is 49.7 Å². The number of ether oxygens (including phenoxy) is 1. The van der Waals surface area contributed by atoms with Crippen molar-refractivity contribution >= 4 is 5.69 Å². The van der Waals surface area contributed by atoms with Crippen LogP contribution in [0.15, 0.2) is 18.2 Å². The lowest BCUT2D eigenvalue weighted by atomic mass is 9.97. The number of benzene rings is 1. The van der Waals surface area contributed by atoms with Gasteiger partial charge in [0.1, 0.15) is 0 Å². The Morgan fingerprint density at radius 2 is 2.05 bits per heavy atom. The van der Waals surface area contributed by atoms with Crippen molar-refractivity contribution < 1.29 is 4.74 Å². The Hall–Kier alpha value is -1.06. The maximum Gasteiger partial charge on any atom is 0.0710 e. The van der Waals surface area contributed by atoms with Crippen molar-refractivity contribution in [3.05, 3.63) is 29.3 Å². The van der Waals surface area contributed by atoms with E-state index in [4.69, 9.17) is 10.5 Å². The molecule has 2 N–H and O–H groups in total. The van der Waals surface area contributed by atoms with E-state index in [9.17, 15) is 0 Å². The minimum absolute atomic E-state index is 0.267. The summed E-state index contributed by atoms with van der Waals surface area (Å²) in [5.74, 6) is 0. The minimum atomic E-state index is 0.267. The van der Waals surface area contributed by atoms with E-state index in [-0.39, 0.29) is 5.60 Å². The highest BCUT2D eigenvalue weighted by atomic mass is 16.5. The van der Waals surface area contributed by atoms with Crippen LogP contribution in [-0.2, 0) is 17.7 Å². The number of hydrogen-bond donors (Lipinski definition) is 1. The van der Waals surface area contributed by atoms with Crippen molar-refractivity contribution in [1.29, 1.82) is 0 Å². The van der Waals surface area contributed by atoms with E-state index in [0.717, 1.165) is 31.7 Å². The standard InChI is InChI=1S/C18H26N2O/c19-16-4-3-14-6-10-20(12-15(14)11-16)13-17-5-9-18(21-17)7-1-2-8-18/h3-4,11,17H,1-2,5-10,12-13,19H2. The Kier molecular flexibility index (Phi) is 3.43. The normalized spacial score (nSPS) is 28.1. The number of anilines is 1. The molecule has 1 aromatic carbocycles. The first-order valence-electron chi connectivity index (χ1n) is 8.50. The molecule has 114 valence electrons. The van der Waals surface area contributed by atoms with Gasteiger partial charge >= 0.3 is 0 Å². The fraction of sp³-hybridized carbons (Fsp3) is 0.667. The molecule has 3 aliphatic rings. The summed E-state index contributed by atoms with van der Waals surface area (Å²) in [5.41, 5.74) is 9.96. The quantitative estimate of drug-likeness (QED) is 0.849.